The molecule has 152 valence electrons. The van der Waals surface area contributed by atoms with E-state index in [-0.39, 0.29) is 10.8 Å². The number of anilines is 1. The van der Waals surface area contributed by atoms with Crippen LogP contribution in [-0.4, -0.2) is 27.5 Å². The number of rotatable bonds is 8. The molecule has 8 heteroatoms. The van der Waals surface area contributed by atoms with Gasteiger partial charge in [0, 0.05) is 0 Å². The fourth-order valence-corrected chi connectivity index (χ4v) is 4.12. The normalized spacial score (nSPS) is 12.6. The summed E-state index contributed by atoms with van der Waals surface area (Å²) in [6.45, 7) is 5.73. The lowest BCUT2D eigenvalue weighted by atomic mass is 10.0. The monoisotopic (exact) mass is 424 g/mol. The van der Waals surface area contributed by atoms with E-state index in [0.717, 1.165) is 5.56 Å². The second kappa shape index (κ2) is 9.41. The van der Waals surface area contributed by atoms with Crippen molar-refractivity contribution in [2.75, 3.05) is 12.4 Å². The predicted octanol–water partition coefficient (Wildman–Crippen LogP) is 3.99. The Hall–Kier alpha value is -2.09. The van der Waals surface area contributed by atoms with E-state index in [9.17, 15) is 13.2 Å². The molecule has 0 aliphatic carbocycles. The maximum Gasteiger partial charge on any atom is 0.242 e. The summed E-state index contributed by atoms with van der Waals surface area (Å²) in [4.78, 5) is 12.8. The smallest absolute Gasteiger partial charge is 0.242 e. The third-order valence-corrected chi connectivity index (χ3v) is 5.87. The van der Waals surface area contributed by atoms with Crippen LogP contribution in [0, 0.1) is 12.8 Å². The quantitative estimate of drug-likeness (QED) is 0.671. The molecule has 0 fully saturated rings. The standard InChI is InChI=1S/C20H25ClN2O4S/c1-13(2)11-19(20(24)22-18-10-5-14(3)12-17(18)21)23-28(25,26)16-8-6-15(27-4)7-9-16/h5-10,12-13,19,23H,11H2,1-4H3,(H,22,24)/t19-/m1/s1. The Bertz CT molecular complexity index is 928. The third kappa shape index (κ3) is 5.95. The number of aryl methyl sites for hydroxylation is 1. The summed E-state index contributed by atoms with van der Waals surface area (Å²) in [5.74, 6) is 0.184. The van der Waals surface area contributed by atoms with Crippen LogP contribution < -0.4 is 14.8 Å². The van der Waals surface area contributed by atoms with Gasteiger partial charge in [0.25, 0.3) is 0 Å². The minimum absolute atomic E-state index is 0.0585. The van der Waals surface area contributed by atoms with E-state index in [4.69, 9.17) is 16.3 Å². The van der Waals surface area contributed by atoms with Crippen LogP contribution in [0.1, 0.15) is 25.8 Å². The lowest BCUT2D eigenvalue weighted by molar-refractivity contribution is -0.118. The van der Waals surface area contributed by atoms with E-state index in [1.54, 1.807) is 24.3 Å². The first-order valence-electron chi connectivity index (χ1n) is 8.86. The van der Waals surface area contributed by atoms with Crippen molar-refractivity contribution in [3.8, 4) is 5.75 Å². The zero-order valence-corrected chi connectivity index (χ0v) is 17.9. The van der Waals surface area contributed by atoms with Crippen LogP contribution in [0.25, 0.3) is 0 Å². The van der Waals surface area contributed by atoms with Crippen molar-refractivity contribution >= 4 is 33.2 Å². The largest absolute Gasteiger partial charge is 0.497 e. The minimum Gasteiger partial charge on any atom is -0.497 e. The van der Waals surface area contributed by atoms with Gasteiger partial charge >= 0.3 is 0 Å². The van der Waals surface area contributed by atoms with Crippen LogP contribution >= 0.6 is 11.6 Å². The number of ether oxygens (including phenoxy) is 1. The molecule has 0 bridgehead atoms. The van der Waals surface area contributed by atoms with E-state index in [2.05, 4.69) is 10.0 Å². The van der Waals surface area contributed by atoms with Crippen LogP contribution in [0.4, 0.5) is 5.69 Å². The zero-order valence-electron chi connectivity index (χ0n) is 16.3. The van der Waals surface area contributed by atoms with Crippen LogP contribution in [0.3, 0.4) is 0 Å². The molecule has 2 N–H and O–H groups in total. The zero-order chi connectivity index (χ0) is 20.9. The molecule has 0 heterocycles. The summed E-state index contributed by atoms with van der Waals surface area (Å²) in [7, 11) is -2.38. The van der Waals surface area contributed by atoms with Gasteiger partial charge in [-0.3, -0.25) is 4.79 Å². The van der Waals surface area contributed by atoms with Crippen molar-refractivity contribution in [1.82, 2.24) is 4.72 Å². The van der Waals surface area contributed by atoms with Crippen molar-refractivity contribution in [1.29, 1.82) is 0 Å². The number of amides is 1. The Morgan fingerprint density at radius 2 is 1.79 bits per heavy atom. The van der Waals surface area contributed by atoms with E-state index in [0.29, 0.717) is 22.9 Å². The highest BCUT2D eigenvalue weighted by Gasteiger charge is 2.27. The fourth-order valence-electron chi connectivity index (χ4n) is 2.63. The number of carbonyl (C=O) groups is 1. The van der Waals surface area contributed by atoms with Crippen LogP contribution in [0.2, 0.25) is 5.02 Å². The van der Waals surface area contributed by atoms with Crippen molar-refractivity contribution in [2.45, 2.75) is 38.1 Å². The average molecular weight is 425 g/mol. The van der Waals surface area contributed by atoms with Gasteiger partial charge < -0.3 is 10.1 Å². The Morgan fingerprint density at radius 3 is 2.32 bits per heavy atom. The number of hydrogen-bond acceptors (Lipinski definition) is 4. The van der Waals surface area contributed by atoms with Crippen molar-refractivity contribution in [3.63, 3.8) is 0 Å². The second-order valence-electron chi connectivity index (χ2n) is 6.95. The lowest BCUT2D eigenvalue weighted by Crippen LogP contribution is -2.44. The van der Waals surface area contributed by atoms with Crippen LogP contribution in [0.5, 0.6) is 5.75 Å². The molecule has 0 aliphatic rings. The van der Waals surface area contributed by atoms with Gasteiger partial charge in [-0.05, 0) is 61.2 Å². The summed E-state index contributed by atoms with van der Waals surface area (Å²) in [5.41, 5.74) is 1.40. The summed E-state index contributed by atoms with van der Waals surface area (Å²) < 4.78 is 33.0. The number of halogens is 1. The van der Waals surface area contributed by atoms with E-state index >= 15 is 0 Å². The molecule has 6 nitrogen and oxygen atoms in total. The molecule has 1 amide bonds. The summed E-state index contributed by atoms with van der Waals surface area (Å²) in [6.07, 6.45) is 0.338. The summed E-state index contributed by atoms with van der Waals surface area (Å²) in [5, 5.41) is 3.12. The number of carbonyl (C=O) groups excluding carboxylic acids is 1. The highest BCUT2D eigenvalue weighted by Crippen LogP contribution is 2.24. The molecule has 1 atom stereocenters. The summed E-state index contributed by atoms with van der Waals surface area (Å²) >= 11 is 6.18. The van der Waals surface area contributed by atoms with E-state index in [1.807, 2.05) is 26.8 Å². The molecule has 0 saturated heterocycles. The SMILES string of the molecule is COc1ccc(S(=O)(=O)N[C@H](CC(C)C)C(=O)Nc2ccc(C)cc2Cl)cc1. The van der Waals surface area contributed by atoms with Gasteiger partial charge in [-0.15, -0.1) is 0 Å². The van der Waals surface area contributed by atoms with Gasteiger partial charge in [0.15, 0.2) is 0 Å². The Balaban J connectivity index is 2.22. The Kier molecular flexibility index (Phi) is 7.46. The lowest BCUT2D eigenvalue weighted by Gasteiger charge is -2.20. The molecule has 0 radical (unpaired) electrons. The topological polar surface area (TPSA) is 84.5 Å². The number of hydrogen-bond donors (Lipinski definition) is 2. The number of nitrogens with one attached hydrogen (secondary N) is 2. The molecular weight excluding hydrogens is 400 g/mol. The number of methoxy groups -OCH3 is 1. The first kappa shape index (κ1) is 22.2. The van der Waals surface area contributed by atoms with E-state index < -0.39 is 22.0 Å². The molecule has 0 saturated carbocycles. The van der Waals surface area contributed by atoms with Crippen LogP contribution in [0.15, 0.2) is 47.4 Å². The molecule has 2 aromatic carbocycles. The second-order valence-corrected chi connectivity index (χ2v) is 9.07. The van der Waals surface area contributed by atoms with Gasteiger partial charge in [-0.2, -0.15) is 4.72 Å². The third-order valence-electron chi connectivity index (χ3n) is 4.07. The molecule has 0 spiro atoms. The minimum atomic E-state index is -3.88. The van der Waals surface area contributed by atoms with Crippen molar-refractivity contribution in [2.24, 2.45) is 5.92 Å². The van der Waals surface area contributed by atoms with Gasteiger partial charge in [-0.1, -0.05) is 31.5 Å². The fraction of sp³-hybridized carbons (Fsp3) is 0.350. The van der Waals surface area contributed by atoms with Gasteiger partial charge in [0.1, 0.15) is 11.8 Å². The first-order valence-corrected chi connectivity index (χ1v) is 10.7. The van der Waals surface area contributed by atoms with E-state index in [1.165, 1.54) is 19.2 Å². The Morgan fingerprint density at radius 1 is 1.14 bits per heavy atom. The predicted molar refractivity (Wildman–Crippen MR) is 111 cm³/mol. The maximum absolute atomic E-state index is 12.8. The molecule has 28 heavy (non-hydrogen) atoms. The molecule has 2 aromatic rings. The highest BCUT2D eigenvalue weighted by molar-refractivity contribution is 7.89. The molecule has 0 unspecified atom stereocenters. The molecule has 0 aromatic heterocycles. The number of benzene rings is 2. The molecule has 2 rings (SSSR count). The van der Waals surface area contributed by atoms with Gasteiger partial charge in [0.2, 0.25) is 15.9 Å². The molecule has 0 aliphatic heterocycles. The summed E-state index contributed by atoms with van der Waals surface area (Å²) in [6, 6.07) is 10.3. The number of sulfonamides is 1. The van der Waals surface area contributed by atoms with Crippen molar-refractivity contribution < 1.29 is 17.9 Å². The van der Waals surface area contributed by atoms with Gasteiger partial charge in [0.05, 0.1) is 22.7 Å². The van der Waals surface area contributed by atoms with Crippen LogP contribution in [-0.2, 0) is 14.8 Å². The molecular formula is C20H25ClN2O4S. The van der Waals surface area contributed by atoms with Crippen molar-refractivity contribution in [3.05, 3.63) is 53.1 Å². The highest BCUT2D eigenvalue weighted by atomic mass is 35.5. The first-order chi connectivity index (χ1) is 13.1. The van der Waals surface area contributed by atoms with Gasteiger partial charge in [-0.25, -0.2) is 8.42 Å². The Labute approximate surface area is 171 Å². The maximum atomic E-state index is 12.8. The average Bonchev–Trinajstić information content (AvgIpc) is 2.63.